The lowest BCUT2D eigenvalue weighted by Crippen LogP contribution is -2.25. The molecule has 6 heteroatoms. The molecule has 0 amide bonds. The van der Waals surface area contributed by atoms with Crippen molar-refractivity contribution in [3.63, 3.8) is 0 Å². The molecule has 0 aliphatic heterocycles. The molecule has 0 fully saturated rings. The summed E-state index contributed by atoms with van der Waals surface area (Å²) >= 11 is 0. The largest absolute Gasteiger partial charge is 0.545 e. The molecule has 12 heavy (non-hydrogen) atoms. The normalized spacial score (nSPS) is 15.8. The minimum absolute atomic E-state index is 0.222. The van der Waals surface area contributed by atoms with E-state index >= 15 is 0 Å². The molecule has 0 radical (unpaired) electrons. The van der Waals surface area contributed by atoms with Crippen LogP contribution in [-0.4, -0.2) is 24.2 Å². The highest BCUT2D eigenvalue weighted by atomic mass is 32.2. The molecular weight excluding hydrogens is 184 g/mol. The second-order valence-electron chi connectivity index (χ2n) is 2.36. The number of carboxylic acid groups (broad SMARTS) is 1. The third kappa shape index (κ3) is 3.49. The van der Waals surface area contributed by atoms with Gasteiger partial charge in [-0.15, -0.1) is 0 Å². The molecule has 0 saturated heterocycles. The van der Waals surface area contributed by atoms with Crippen LogP contribution < -0.4 is 5.11 Å². The van der Waals surface area contributed by atoms with Crippen molar-refractivity contribution in [2.24, 2.45) is 0 Å². The van der Waals surface area contributed by atoms with Crippen LogP contribution in [0.2, 0.25) is 0 Å². The van der Waals surface area contributed by atoms with Crippen molar-refractivity contribution in [1.29, 1.82) is 0 Å². The van der Waals surface area contributed by atoms with Gasteiger partial charge in [0.25, 0.3) is 10.1 Å². The van der Waals surface area contributed by atoms with Gasteiger partial charge in [-0.3, -0.25) is 4.55 Å². The number of carboxylic acids is 1. The summed E-state index contributed by atoms with van der Waals surface area (Å²) in [7, 11) is -4.20. The van der Waals surface area contributed by atoms with Gasteiger partial charge in [0, 0.05) is 0 Å². The lowest BCUT2D eigenvalue weighted by Gasteiger charge is -2.05. The third-order valence-electron chi connectivity index (χ3n) is 1.28. The van der Waals surface area contributed by atoms with E-state index in [0.717, 1.165) is 6.08 Å². The zero-order chi connectivity index (χ0) is 9.94. The van der Waals surface area contributed by atoms with Crippen molar-refractivity contribution >= 4 is 16.1 Å². The quantitative estimate of drug-likeness (QED) is 0.456. The summed E-state index contributed by atoms with van der Waals surface area (Å²) in [6, 6.07) is 0. The zero-order valence-corrected chi connectivity index (χ0v) is 7.46. The minimum Gasteiger partial charge on any atom is -0.545 e. The van der Waals surface area contributed by atoms with E-state index < -0.39 is 21.3 Å². The highest BCUT2D eigenvalue weighted by molar-refractivity contribution is 7.86. The Kier molecular flexibility index (Phi) is 3.41. The maximum Gasteiger partial charge on any atom is 0.271 e. The smallest absolute Gasteiger partial charge is 0.271 e. The van der Waals surface area contributed by atoms with Crippen molar-refractivity contribution in [3.8, 4) is 0 Å². The Morgan fingerprint density at radius 2 is 2.00 bits per heavy atom. The van der Waals surface area contributed by atoms with Crippen LogP contribution in [-0.2, 0) is 14.9 Å². The number of rotatable bonds is 3. The molecule has 0 saturated carbocycles. The van der Waals surface area contributed by atoms with Crippen molar-refractivity contribution in [2.45, 2.75) is 19.1 Å². The van der Waals surface area contributed by atoms with Gasteiger partial charge in [-0.1, -0.05) is 6.08 Å². The molecule has 0 rings (SSSR count). The Bertz CT molecular complexity index is 300. The number of hydrogen-bond donors (Lipinski definition) is 1. The predicted octanol–water partition coefficient (Wildman–Crippen LogP) is -1.04. The van der Waals surface area contributed by atoms with Crippen molar-refractivity contribution in [3.05, 3.63) is 11.6 Å². The average molecular weight is 193 g/mol. The summed E-state index contributed by atoms with van der Waals surface area (Å²) in [6.07, 6.45) is 0.907. The van der Waals surface area contributed by atoms with Crippen molar-refractivity contribution < 1.29 is 22.9 Å². The van der Waals surface area contributed by atoms with E-state index in [9.17, 15) is 18.3 Å². The minimum atomic E-state index is -4.20. The fourth-order valence-corrected chi connectivity index (χ4v) is 0.882. The van der Waals surface area contributed by atoms with Crippen LogP contribution >= 0.6 is 0 Å². The molecule has 0 aliphatic carbocycles. The van der Waals surface area contributed by atoms with Crippen LogP contribution in [0.5, 0.6) is 0 Å². The monoisotopic (exact) mass is 193 g/mol. The SMILES string of the molecule is C/C(=C\C(C)S(=O)(=O)O)C(=O)[O-]. The topological polar surface area (TPSA) is 94.5 Å². The predicted molar refractivity (Wildman–Crippen MR) is 39.8 cm³/mol. The molecule has 1 unspecified atom stereocenters. The van der Waals surface area contributed by atoms with Gasteiger partial charge in [-0.25, -0.2) is 0 Å². The second kappa shape index (κ2) is 3.68. The Labute approximate surface area is 70.5 Å². The molecule has 1 N–H and O–H groups in total. The maximum atomic E-state index is 10.4. The Morgan fingerprint density at radius 3 is 2.25 bits per heavy atom. The number of hydrogen-bond acceptors (Lipinski definition) is 4. The molecule has 0 aromatic heterocycles. The molecular formula is C6H9O5S-. The van der Waals surface area contributed by atoms with Crippen LogP contribution in [0.15, 0.2) is 11.6 Å². The van der Waals surface area contributed by atoms with E-state index in [1.54, 1.807) is 0 Å². The Balaban J connectivity index is 4.68. The van der Waals surface area contributed by atoms with Crippen LogP contribution in [0.25, 0.3) is 0 Å². The fourth-order valence-electron chi connectivity index (χ4n) is 0.506. The number of carbonyl (C=O) groups is 1. The van der Waals surface area contributed by atoms with Crippen molar-refractivity contribution in [1.82, 2.24) is 0 Å². The van der Waals surface area contributed by atoms with E-state index in [2.05, 4.69) is 0 Å². The molecule has 5 nitrogen and oxygen atoms in total. The molecule has 0 aromatic rings. The summed E-state index contributed by atoms with van der Waals surface area (Å²) < 4.78 is 29.2. The van der Waals surface area contributed by atoms with Gasteiger partial charge in [0.2, 0.25) is 0 Å². The van der Waals surface area contributed by atoms with E-state index in [1.165, 1.54) is 13.8 Å². The van der Waals surface area contributed by atoms with Crippen LogP contribution in [0.3, 0.4) is 0 Å². The Hall–Kier alpha value is -0.880. The molecule has 0 spiro atoms. The van der Waals surface area contributed by atoms with E-state index in [4.69, 9.17) is 4.55 Å². The lowest BCUT2D eigenvalue weighted by molar-refractivity contribution is -0.299. The fraction of sp³-hybridized carbons (Fsp3) is 0.500. The summed E-state index contributed by atoms with van der Waals surface area (Å²) in [5.74, 6) is -1.45. The molecule has 0 heterocycles. The first-order chi connectivity index (χ1) is 5.25. The van der Waals surface area contributed by atoms with Crippen LogP contribution in [0.1, 0.15) is 13.8 Å². The maximum absolute atomic E-state index is 10.4. The summed E-state index contributed by atoms with van der Waals surface area (Å²) in [6.45, 7) is 2.36. The van der Waals surface area contributed by atoms with Crippen molar-refractivity contribution in [2.75, 3.05) is 0 Å². The van der Waals surface area contributed by atoms with Gasteiger partial charge in [-0.2, -0.15) is 8.42 Å². The standard InChI is InChI=1S/C6H10O5S/c1-4(6(7)8)3-5(2)12(9,10)11/h3,5H,1-2H3,(H,7,8)(H,9,10,11)/p-1/b4-3+. The summed E-state index contributed by atoms with van der Waals surface area (Å²) in [4.78, 5) is 10.1. The van der Waals surface area contributed by atoms with Crippen LogP contribution in [0.4, 0.5) is 0 Å². The van der Waals surface area contributed by atoms with Gasteiger partial charge in [0.05, 0.1) is 5.97 Å². The molecule has 0 aromatic carbocycles. The Morgan fingerprint density at radius 1 is 1.58 bits per heavy atom. The first kappa shape index (κ1) is 11.1. The van der Waals surface area contributed by atoms with E-state index in [1.807, 2.05) is 0 Å². The van der Waals surface area contributed by atoms with Crippen LogP contribution in [0, 0.1) is 0 Å². The molecule has 0 aliphatic rings. The molecule has 1 atom stereocenters. The van der Waals surface area contributed by atoms with E-state index in [-0.39, 0.29) is 5.57 Å². The summed E-state index contributed by atoms with van der Waals surface area (Å²) in [5, 5.41) is 8.88. The van der Waals surface area contributed by atoms with Gasteiger partial charge in [0.15, 0.2) is 0 Å². The number of aliphatic carboxylic acids is 1. The summed E-state index contributed by atoms with van der Waals surface area (Å²) in [5.41, 5.74) is -0.222. The lowest BCUT2D eigenvalue weighted by atomic mass is 10.2. The third-order valence-corrected chi connectivity index (χ3v) is 2.35. The first-order valence-corrected chi connectivity index (χ1v) is 4.61. The van der Waals surface area contributed by atoms with Gasteiger partial charge >= 0.3 is 0 Å². The second-order valence-corrected chi connectivity index (χ2v) is 4.13. The zero-order valence-electron chi connectivity index (χ0n) is 6.64. The number of carbonyl (C=O) groups excluding carboxylic acids is 1. The molecule has 70 valence electrons. The first-order valence-electron chi connectivity index (χ1n) is 3.11. The highest BCUT2D eigenvalue weighted by Gasteiger charge is 2.14. The van der Waals surface area contributed by atoms with Gasteiger partial charge in [-0.05, 0) is 19.4 Å². The molecule has 0 bridgehead atoms. The van der Waals surface area contributed by atoms with Gasteiger partial charge in [0.1, 0.15) is 5.25 Å². The average Bonchev–Trinajstić information content (AvgIpc) is 1.85. The van der Waals surface area contributed by atoms with Gasteiger partial charge < -0.3 is 9.90 Å². The van der Waals surface area contributed by atoms with E-state index in [0.29, 0.717) is 0 Å². The highest BCUT2D eigenvalue weighted by Crippen LogP contribution is 2.02.